The molecule has 0 radical (unpaired) electrons. The summed E-state index contributed by atoms with van der Waals surface area (Å²) in [6.07, 6.45) is 1.31. The minimum Gasteiger partial charge on any atom is -0.434 e. The Labute approximate surface area is 212 Å². The first kappa shape index (κ1) is 31.9. The minimum atomic E-state index is -5.71. The number of benzene rings is 2. The van der Waals surface area contributed by atoms with Crippen LogP contribution >= 0.6 is 0 Å². The van der Waals surface area contributed by atoms with E-state index in [4.69, 9.17) is 0 Å². The third-order valence-electron chi connectivity index (χ3n) is 3.90. The van der Waals surface area contributed by atoms with Crippen LogP contribution in [0.25, 0.3) is 0 Å². The van der Waals surface area contributed by atoms with Crippen molar-refractivity contribution >= 4 is 60.1 Å². The lowest BCUT2D eigenvalue weighted by atomic mass is 10.2. The van der Waals surface area contributed by atoms with E-state index in [2.05, 4.69) is 6.72 Å². The molecule has 0 fully saturated rings. The predicted octanol–water partition coefficient (Wildman–Crippen LogP) is 2.09. The molecule has 1 heterocycles. The maximum atomic E-state index is 12.5. The number of anilines is 1. The molecule has 2 aromatic rings. The summed E-state index contributed by atoms with van der Waals surface area (Å²) < 4.78 is 133. The van der Waals surface area contributed by atoms with Crippen molar-refractivity contribution in [3.8, 4) is 0 Å². The average molecular weight is 610 g/mol. The van der Waals surface area contributed by atoms with Crippen molar-refractivity contribution in [2.75, 3.05) is 3.71 Å². The van der Waals surface area contributed by atoms with Gasteiger partial charge in [-0.25, -0.2) is 0 Å². The Morgan fingerprint density at radius 3 is 1.54 bits per heavy atom. The molecule has 19 heteroatoms. The Hall–Kier alpha value is -3.16. The van der Waals surface area contributed by atoms with Crippen molar-refractivity contribution in [2.24, 2.45) is 0 Å². The second kappa shape index (κ2) is 12.4. The number of para-hydroxylation sites is 1. The van der Waals surface area contributed by atoms with Crippen molar-refractivity contribution < 1.29 is 57.8 Å². The van der Waals surface area contributed by atoms with Gasteiger partial charge in [0.1, 0.15) is 12.0 Å². The van der Waals surface area contributed by atoms with E-state index in [9.17, 15) is 49.2 Å². The molecule has 0 amide bonds. The van der Waals surface area contributed by atoms with E-state index in [-0.39, 0.29) is 6.17 Å². The molecule has 11 nitrogen and oxygen atoms in total. The lowest BCUT2D eigenvalue weighted by Crippen LogP contribution is -2.31. The van der Waals surface area contributed by atoms with E-state index >= 15 is 0 Å². The molecule has 0 atom stereocenters. The summed E-state index contributed by atoms with van der Waals surface area (Å²) in [4.78, 5) is 0. The standard InChI is InChI=1S/C7H7FO2S.C6H5F2NO4S2.C5H7FN2O2S/c8-11(9,10)6-7-4-2-1-3-5-7;7-14(10,11)9(15(8,12)13)6-4-2-1-3-5-6;1-5-7(2)3-4-8(5)11(6,9)10/h1-5H,6H2;1-5H;3-4H,2H2,1H3. The fourth-order valence-corrected chi connectivity index (χ4v) is 5.20. The Morgan fingerprint density at radius 1 is 0.811 bits per heavy atom. The maximum absolute atomic E-state index is 12.5. The van der Waals surface area contributed by atoms with Crippen molar-refractivity contribution in [2.45, 2.75) is 12.7 Å². The van der Waals surface area contributed by atoms with Gasteiger partial charge in [0.05, 0.1) is 5.69 Å². The van der Waals surface area contributed by atoms with Crippen molar-refractivity contribution in [3.05, 3.63) is 78.9 Å². The van der Waals surface area contributed by atoms with E-state index in [1.807, 2.05) is 0 Å². The summed E-state index contributed by atoms with van der Waals surface area (Å²) in [7, 11) is -20.4. The van der Waals surface area contributed by atoms with Gasteiger partial charge in [-0.15, -0.1) is 20.0 Å². The molecule has 0 N–H and O–H groups in total. The lowest BCUT2D eigenvalue weighted by molar-refractivity contribution is -0.585. The monoisotopic (exact) mass is 609 g/mol. The Morgan fingerprint density at radius 2 is 1.24 bits per heavy atom. The highest BCUT2D eigenvalue weighted by molar-refractivity contribution is 8.05. The molecular weight excluding hydrogens is 590 g/mol. The van der Waals surface area contributed by atoms with Crippen LogP contribution < -0.4 is 3.71 Å². The van der Waals surface area contributed by atoms with Crippen LogP contribution in [0.5, 0.6) is 0 Å². The molecule has 37 heavy (non-hydrogen) atoms. The minimum absolute atomic E-state index is 0.215. The molecule has 0 aliphatic carbocycles. The van der Waals surface area contributed by atoms with E-state index < -0.39 is 56.6 Å². The van der Waals surface area contributed by atoms with Gasteiger partial charge in [-0.2, -0.15) is 25.3 Å². The fraction of sp³-hybridized carbons (Fsp3) is 0.111. The zero-order valence-corrected chi connectivity index (χ0v) is 21.9. The Bertz CT molecular complexity index is 1520. The van der Waals surface area contributed by atoms with Crippen molar-refractivity contribution in [1.29, 1.82) is 0 Å². The van der Waals surface area contributed by atoms with Crippen molar-refractivity contribution in [1.82, 2.24) is 0 Å². The molecule has 0 saturated heterocycles. The molecule has 0 spiro atoms. The number of nitrogens with zero attached hydrogens (tertiary/aromatic N) is 3. The second-order valence-corrected chi connectivity index (χ2v) is 11.8. The van der Waals surface area contributed by atoms with E-state index in [1.165, 1.54) is 36.2 Å². The summed E-state index contributed by atoms with van der Waals surface area (Å²) in [6, 6.07) is 14.0. The number of rotatable bonds is 6. The molecule has 0 unspecified atom stereocenters. The third-order valence-corrected chi connectivity index (χ3v) is 7.71. The van der Waals surface area contributed by atoms with Crippen LogP contribution in [-0.4, -0.2) is 55.2 Å². The van der Waals surface area contributed by atoms with Crippen molar-refractivity contribution in [3.63, 3.8) is 0 Å². The quantitative estimate of drug-likeness (QED) is 0.210. The topological polar surface area (TPSA) is 146 Å². The molecule has 0 aromatic heterocycles. The summed E-state index contributed by atoms with van der Waals surface area (Å²) in [5.74, 6) is -0.534. The van der Waals surface area contributed by atoms with Gasteiger partial charge in [0.25, 0.3) is 0 Å². The van der Waals surface area contributed by atoms with Crippen LogP contribution in [0.2, 0.25) is 0 Å². The van der Waals surface area contributed by atoms with Gasteiger partial charge in [-0.1, -0.05) is 66.9 Å². The van der Waals surface area contributed by atoms with Crippen LogP contribution in [-0.2, 0) is 47.2 Å². The van der Waals surface area contributed by atoms with Gasteiger partial charge in [0.2, 0.25) is 6.17 Å². The SMILES string of the molecule is C=[N+]1[CH-]C=[N+](S(=O)(=O)F)[C-]1C.O=S(=O)(F)Cc1ccccc1.O=S(=O)(F)N(c1ccccc1)S(=O)(=O)F. The first-order valence-corrected chi connectivity index (χ1v) is 14.9. The zero-order chi connectivity index (χ0) is 28.7. The number of halogens is 4. The van der Waals surface area contributed by atoms with Gasteiger partial charge in [0.15, 0.2) is 0 Å². The van der Waals surface area contributed by atoms with Crippen LogP contribution in [0.1, 0.15) is 12.5 Å². The number of hydrogen-bond donors (Lipinski definition) is 0. The van der Waals surface area contributed by atoms with E-state index in [0.29, 0.717) is 9.54 Å². The Kier molecular flexibility index (Phi) is 10.7. The zero-order valence-electron chi connectivity index (χ0n) is 18.6. The fourth-order valence-electron chi connectivity index (χ4n) is 2.40. The maximum Gasteiger partial charge on any atom is 0.536 e. The summed E-state index contributed by atoms with van der Waals surface area (Å²) in [5, 5.41) is 0. The van der Waals surface area contributed by atoms with Gasteiger partial charge in [0, 0.05) is 6.54 Å². The molecule has 3 rings (SSSR count). The van der Waals surface area contributed by atoms with E-state index in [1.54, 1.807) is 30.3 Å². The largest absolute Gasteiger partial charge is 0.536 e. The smallest absolute Gasteiger partial charge is 0.434 e. The first-order chi connectivity index (χ1) is 16.7. The number of hydrogen-bond acceptors (Lipinski definition) is 8. The molecule has 2 aromatic carbocycles. The van der Waals surface area contributed by atoms with Gasteiger partial charge in [-0.05, 0) is 24.6 Å². The molecule has 206 valence electrons. The van der Waals surface area contributed by atoms with Gasteiger partial charge in [-0.3, -0.25) is 0 Å². The van der Waals surface area contributed by atoms with Gasteiger partial charge < -0.3 is 4.58 Å². The molecule has 1 aliphatic heterocycles. The summed E-state index contributed by atoms with van der Waals surface area (Å²) in [5.41, 5.74) is -0.169. The molecular formula is C18H19F4N3O8S4. The molecule has 1 aliphatic rings. The summed E-state index contributed by atoms with van der Waals surface area (Å²) in [6.45, 7) is 6.22. The highest BCUT2D eigenvalue weighted by atomic mass is 32.3. The molecule has 0 saturated carbocycles. The highest BCUT2D eigenvalue weighted by Gasteiger charge is 2.34. The second-order valence-electron chi connectivity index (χ2n) is 6.64. The third kappa shape index (κ3) is 11.2. The average Bonchev–Trinajstić information content (AvgIpc) is 3.06. The lowest BCUT2D eigenvalue weighted by Gasteiger charge is -2.13. The van der Waals surface area contributed by atoms with Crippen LogP contribution in [0.4, 0.5) is 21.2 Å². The van der Waals surface area contributed by atoms with Crippen LogP contribution in [0.15, 0.2) is 60.7 Å². The highest BCUT2D eigenvalue weighted by Crippen LogP contribution is 2.23. The molecule has 0 bridgehead atoms. The van der Waals surface area contributed by atoms with E-state index in [0.717, 1.165) is 18.3 Å². The van der Waals surface area contributed by atoms with Crippen LogP contribution in [0, 0.1) is 12.7 Å². The predicted molar refractivity (Wildman–Crippen MR) is 126 cm³/mol. The Balaban J connectivity index is 0.000000283. The van der Waals surface area contributed by atoms with Crippen LogP contribution in [0.3, 0.4) is 0 Å². The first-order valence-electron chi connectivity index (χ1n) is 9.30. The summed E-state index contributed by atoms with van der Waals surface area (Å²) >= 11 is 0. The normalized spacial score (nSPS) is 13.8. The van der Waals surface area contributed by atoms with Gasteiger partial charge >= 0.3 is 41.5 Å².